The van der Waals surface area contributed by atoms with E-state index in [9.17, 15) is 9.59 Å². The Morgan fingerprint density at radius 3 is 2.86 bits per heavy atom. The highest BCUT2D eigenvalue weighted by Crippen LogP contribution is 2.05. The Kier molecular flexibility index (Phi) is 5.81. The molecule has 0 fully saturated rings. The van der Waals surface area contributed by atoms with Gasteiger partial charge in [-0.05, 0) is 27.6 Å². The van der Waals surface area contributed by atoms with Gasteiger partial charge >= 0.3 is 6.09 Å². The minimum atomic E-state index is -0.554. The molecule has 2 rings (SSSR count). The van der Waals surface area contributed by atoms with Gasteiger partial charge in [-0.25, -0.2) is 4.79 Å². The topological polar surface area (TPSA) is 71.2 Å². The minimum Gasteiger partial charge on any atom is -0.445 e. The Balaban J connectivity index is 1.79. The number of amides is 1. The highest BCUT2D eigenvalue weighted by atomic mass is 79.9. The molecule has 1 aromatic carbocycles. The van der Waals surface area contributed by atoms with Crippen molar-refractivity contribution in [2.75, 3.05) is 6.54 Å². The molecule has 1 amide bonds. The summed E-state index contributed by atoms with van der Waals surface area (Å²) < 4.78 is 5.76. The van der Waals surface area contributed by atoms with Crippen LogP contribution in [0.5, 0.6) is 0 Å². The maximum absolute atomic E-state index is 11.5. The van der Waals surface area contributed by atoms with Crippen LogP contribution in [0, 0.1) is 11.8 Å². The molecule has 0 aliphatic rings. The lowest BCUT2D eigenvalue weighted by atomic mass is 10.2. The lowest BCUT2D eigenvalue weighted by molar-refractivity contribution is 0.141. The predicted octanol–water partition coefficient (Wildman–Crippen LogP) is 2.42. The van der Waals surface area contributed by atoms with E-state index in [0.29, 0.717) is 5.56 Å². The summed E-state index contributed by atoms with van der Waals surface area (Å²) in [4.78, 5) is 25.5. The standard InChI is InChI=1S/C16H13BrN2O3/c17-14-9-13(15(20)19-10-14)7-4-8-18-16(21)22-11-12-5-2-1-3-6-12/h1-3,5-6,9-10H,8,11H2,(H,18,21)(H,19,20). The Bertz CT molecular complexity index is 760. The van der Waals surface area contributed by atoms with Crippen LogP contribution in [-0.4, -0.2) is 17.6 Å². The molecular weight excluding hydrogens is 348 g/mol. The summed E-state index contributed by atoms with van der Waals surface area (Å²) in [5, 5.41) is 2.50. The quantitative estimate of drug-likeness (QED) is 0.825. The molecule has 0 unspecified atom stereocenters. The largest absolute Gasteiger partial charge is 0.445 e. The Hall–Kier alpha value is -2.52. The average molecular weight is 361 g/mol. The summed E-state index contributed by atoms with van der Waals surface area (Å²) in [6.07, 6.45) is 0.980. The number of aromatic nitrogens is 1. The van der Waals surface area contributed by atoms with E-state index in [0.717, 1.165) is 10.0 Å². The molecule has 0 saturated heterocycles. The van der Waals surface area contributed by atoms with Crippen molar-refractivity contribution in [3.63, 3.8) is 0 Å². The van der Waals surface area contributed by atoms with Crippen LogP contribution in [0.25, 0.3) is 0 Å². The lowest BCUT2D eigenvalue weighted by Crippen LogP contribution is -2.24. The fourth-order valence-corrected chi connectivity index (χ4v) is 1.92. The molecule has 0 saturated carbocycles. The van der Waals surface area contributed by atoms with E-state index in [1.165, 1.54) is 6.20 Å². The number of H-pyrrole nitrogens is 1. The molecule has 0 spiro atoms. The van der Waals surface area contributed by atoms with Crippen LogP contribution in [-0.2, 0) is 11.3 Å². The molecule has 1 aromatic heterocycles. The van der Waals surface area contributed by atoms with Crippen molar-refractivity contribution in [1.82, 2.24) is 10.3 Å². The fourth-order valence-electron chi connectivity index (χ4n) is 1.58. The van der Waals surface area contributed by atoms with Gasteiger partial charge in [-0.3, -0.25) is 4.79 Å². The average Bonchev–Trinajstić information content (AvgIpc) is 2.53. The zero-order chi connectivity index (χ0) is 15.8. The number of hydrogen-bond acceptors (Lipinski definition) is 3. The van der Waals surface area contributed by atoms with Crippen LogP contribution < -0.4 is 10.9 Å². The number of rotatable bonds is 3. The smallest absolute Gasteiger partial charge is 0.408 e. The second-order valence-electron chi connectivity index (χ2n) is 4.28. The zero-order valence-corrected chi connectivity index (χ0v) is 13.1. The van der Waals surface area contributed by atoms with Gasteiger partial charge in [0.1, 0.15) is 6.61 Å². The number of pyridine rings is 1. The molecular formula is C16H13BrN2O3. The molecule has 2 N–H and O–H groups in total. The second-order valence-corrected chi connectivity index (χ2v) is 5.19. The Labute approximate surface area is 135 Å². The van der Waals surface area contributed by atoms with Gasteiger partial charge in [0.05, 0.1) is 12.1 Å². The van der Waals surface area contributed by atoms with Crippen LogP contribution in [0.1, 0.15) is 11.1 Å². The van der Waals surface area contributed by atoms with Gasteiger partial charge in [-0.1, -0.05) is 42.2 Å². The van der Waals surface area contributed by atoms with Gasteiger partial charge in [0.25, 0.3) is 5.56 Å². The first-order valence-corrected chi connectivity index (χ1v) is 7.26. The molecule has 22 heavy (non-hydrogen) atoms. The first-order valence-electron chi connectivity index (χ1n) is 6.47. The molecule has 0 bridgehead atoms. The first kappa shape index (κ1) is 15.9. The number of hydrogen-bond donors (Lipinski definition) is 2. The van der Waals surface area contributed by atoms with E-state index in [2.05, 4.69) is 38.1 Å². The van der Waals surface area contributed by atoms with Gasteiger partial charge in [0, 0.05) is 10.7 Å². The molecule has 112 valence electrons. The van der Waals surface area contributed by atoms with E-state index < -0.39 is 6.09 Å². The van der Waals surface area contributed by atoms with Crippen LogP contribution >= 0.6 is 15.9 Å². The van der Waals surface area contributed by atoms with Crippen molar-refractivity contribution in [2.24, 2.45) is 0 Å². The number of benzene rings is 1. The Morgan fingerprint density at radius 1 is 1.32 bits per heavy atom. The number of halogens is 1. The maximum Gasteiger partial charge on any atom is 0.408 e. The normalized spacial score (nSPS) is 9.50. The van der Waals surface area contributed by atoms with E-state index in [4.69, 9.17) is 4.74 Å². The van der Waals surface area contributed by atoms with Crippen LogP contribution in [0.15, 0.2) is 51.9 Å². The summed E-state index contributed by atoms with van der Waals surface area (Å²) in [5.41, 5.74) is 0.959. The van der Waals surface area contributed by atoms with Gasteiger partial charge < -0.3 is 15.0 Å². The number of carbonyl (C=O) groups is 1. The van der Waals surface area contributed by atoms with Gasteiger partial charge in [0.2, 0.25) is 0 Å². The third-order valence-corrected chi connectivity index (χ3v) is 3.08. The van der Waals surface area contributed by atoms with Crippen LogP contribution in [0.3, 0.4) is 0 Å². The zero-order valence-electron chi connectivity index (χ0n) is 11.6. The van der Waals surface area contributed by atoms with Gasteiger partial charge in [-0.2, -0.15) is 0 Å². The van der Waals surface area contributed by atoms with Crippen LogP contribution in [0.2, 0.25) is 0 Å². The summed E-state index contributed by atoms with van der Waals surface area (Å²) in [5.74, 6) is 5.38. The van der Waals surface area contributed by atoms with E-state index in [-0.39, 0.29) is 18.7 Å². The van der Waals surface area contributed by atoms with Crippen LogP contribution in [0.4, 0.5) is 4.79 Å². The number of aromatic amines is 1. The van der Waals surface area contributed by atoms with E-state index in [1.807, 2.05) is 30.3 Å². The van der Waals surface area contributed by atoms with Gasteiger partial charge in [-0.15, -0.1) is 0 Å². The second kappa shape index (κ2) is 8.05. The number of alkyl carbamates (subject to hydrolysis) is 1. The molecule has 5 nitrogen and oxygen atoms in total. The SMILES string of the molecule is O=C(NCC#Cc1cc(Br)c[nH]c1=O)OCc1ccccc1. The molecule has 0 atom stereocenters. The molecule has 0 radical (unpaired) electrons. The van der Waals surface area contributed by atoms with Crippen molar-refractivity contribution in [3.05, 3.63) is 68.5 Å². The molecule has 0 aliphatic carbocycles. The van der Waals surface area contributed by atoms with Crippen molar-refractivity contribution in [3.8, 4) is 11.8 Å². The highest BCUT2D eigenvalue weighted by Gasteiger charge is 2.00. The van der Waals surface area contributed by atoms with E-state index in [1.54, 1.807) is 6.07 Å². The van der Waals surface area contributed by atoms with Crippen molar-refractivity contribution >= 4 is 22.0 Å². The monoisotopic (exact) mass is 360 g/mol. The minimum absolute atomic E-state index is 0.0968. The highest BCUT2D eigenvalue weighted by molar-refractivity contribution is 9.10. The fraction of sp³-hybridized carbons (Fsp3) is 0.125. The predicted molar refractivity (Wildman–Crippen MR) is 86.3 cm³/mol. The molecule has 2 aromatic rings. The maximum atomic E-state index is 11.5. The summed E-state index contributed by atoms with van der Waals surface area (Å²) >= 11 is 3.24. The number of ether oxygens (including phenoxy) is 1. The summed E-state index contributed by atoms with van der Waals surface area (Å²) in [6.45, 7) is 0.297. The number of carbonyl (C=O) groups excluding carboxylic acids is 1. The molecule has 6 heteroatoms. The van der Waals surface area contributed by atoms with Crippen molar-refractivity contribution < 1.29 is 9.53 Å². The third kappa shape index (κ3) is 5.11. The Morgan fingerprint density at radius 2 is 2.09 bits per heavy atom. The first-order chi connectivity index (χ1) is 10.6. The van der Waals surface area contributed by atoms with Crippen molar-refractivity contribution in [1.29, 1.82) is 0 Å². The summed E-state index contributed by atoms with van der Waals surface area (Å²) in [6, 6.07) is 11.0. The van der Waals surface area contributed by atoms with Crippen molar-refractivity contribution in [2.45, 2.75) is 6.61 Å². The number of nitrogens with one attached hydrogen (secondary N) is 2. The molecule has 1 heterocycles. The van der Waals surface area contributed by atoms with E-state index >= 15 is 0 Å². The third-order valence-electron chi connectivity index (χ3n) is 2.62. The lowest BCUT2D eigenvalue weighted by Gasteiger charge is -2.04. The molecule has 0 aliphatic heterocycles. The summed E-state index contributed by atoms with van der Waals surface area (Å²) in [7, 11) is 0. The van der Waals surface area contributed by atoms with Gasteiger partial charge in [0.15, 0.2) is 0 Å².